The summed E-state index contributed by atoms with van der Waals surface area (Å²) in [7, 11) is 0. The van der Waals surface area contributed by atoms with E-state index in [2.05, 4.69) is 11.8 Å². The molecule has 2 nitrogen and oxygen atoms in total. The summed E-state index contributed by atoms with van der Waals surface area (Å²) in [5, 5.41) is 0. The van der Waals surface area contributed by atoms with E-state index in [4.69, 9.17) is 4.74 Å². The van der Waals surface area contributed by atoms with Gasteiger partial charge in [-0.05, 0) is 25.1 Å². The van der Waals surface area contributed by atoms with Crippen LogP contribution in [0.2, 0.25) is 0 Å². The summed E-state index contributed by atoms with van der Waals surface area (Å²) in [4.78, 5) is 10.4. The molecule has 0 unspecified atom stereocenters. The van der Waals surface area contributed by atoms with Crippen LogP contribution in [-0.4, -0.2) is 12.9 Å². The Labute approximate surface area is 96.4 Å². The van der Waals surface area contributed by atoms with E-state index in [9.17, 15) is 18.0 Å². The van der Waals surface area contributed by atoms with E-state index < -0.39 is 11.7 Å². The van der Waals surface area contributed by atoms with Gasteiger partial charge in [-0.2, -0.15) is 13.2 Å². The first-order valence-corrected chi connectivity index (χ1v) is 4.68. The van der Waals surface area contributed by atoms with Crippen molar-refractivity contribution in [2.24, 2.45) is 0 Å². The van der Waals surface area contributed by atoms with Gasteiger partial charge in [-0.15, -0.1) is 5.92 Å². The normalized spacial score (nSPS) is 10.4. The van der Waals surface area contributed by atoms with Crippen LogP contribution in [0, 0.1) is 11.8 Å². The number of alkyl halides is 3. The molecule has 0 spiro atoms. The van der Waals surface area contributed by atoms with Gasteiger partial charge in [0.05, 0.1) is 5.56 Å². The first-order chi connectivity index (χ1) is 7.99. The lowest BCUT2D eigenvalue weighted by atomic mass is 10.1. The Morgan fingerprint density at radius 3 is 2.65 bits per heavy atom. The van der Waals surface area contributed by atoms with E-state index in [1.807, 2.05) is 0 Å². The standard InChI is InChI=1S/C12H9F3O2/c1-2-3-6-17-11-5-4-9(8-16)7-10(11)12(13,14)15/h4-5,7-8H,6H2,1H3. The van der Waals surface area contributed by atoms with Gasteiger partial charge < -0.3 is 4.74 Å². The van der Waals surface area contributed by atoms with Crippen LogP contribution in [0.1, 0.15) is 22.8 Å². The summed E-state index contributed by atoms with van der Waals surface area (Å²) in [5.74, 6) is 4.67. The Morgan fingerprint density at radius 1 is 1.41 bits per heavy atom. The molecular weight excluding hydrogens is 233 g/mol. The maximum absolute atomic E-state index is 12.6. The van der Waals surface area contributed by atoms with E-state index in [1.165, 1.54) is 6.07 Å². The zero-order valence-electron chi connectivity index (χ0n) is 8.97. The highest BCUT2D eigenvalue weighted by Gasteiger charge is 2.34. The SMILES string of the molecule is CC#CCOc1ccc(C=O)cc1C(F)(F)F. The maximum atomic E-state index is 12.6. The Hall–Kier alpha value is -1.96. The third-order valence-corrected chi connectivity index (χ3v) is 1.92. The predicted octanol–water partition coefficient (Wildman–Crippen LogP) is 2.92. The fourth-order valence-corrected chi connectivity index (χ4v) is 1.15. The Bertz CT molecular complexity index is 467. The van der Waals surface area contributed by atoms with Crippen molar-refractivity contribution in [2.75, 3.05) is 6.61 Å². The molecule has 5 heteroatoms. The van der Waals surface area contributed by atoms with Crippen molar-refractivity contribution in [2.45, 2.75) is 13.1 Å². The van der Waals surface area contributed by atoms with Gasteiger partial charge >= 0.3 is 6.18 Å². The average Bonchev–Trinajstić information content (AvgIpc) is 2.28. The van der Waals surface area contributed by atoms with E-state index in [-0.39, 0.29) is 17.9 Å². The van der Waals surface area contributed by atoms with E-state index in [0.29, 0.717) is 6.29 Å². The number of carbonyl (C=O) groups excluding carboxylic acids is 1. The molecule has 0 bridgehead atoms. The molecule has 0 saturated heterocycles. The van der Waals surface area contributed by atoms with Gasteiger partial charge in [-0.25, -0.2) is 0 Å². The number of halogens is 3. The summed E-state index contributed by atoms with van der Waals surface area (Å²) in [6.45, 7) is 1.43. The van der Waals surface area contributed by atoms with Crippen molar-refractivity contribution >= 4 is 6.29 Å². The van der Waals surface area contributed by atoms with Gasteiger partial charge in [0.2, 0.25) is 0 Å². The fraction of sp³-hybridized carbons (Fsp3) is 0.250. The van der Waals surface area contributed by atoms with Crippen LogP contribution in [0.15, 0.2) is 18.2 Å². The second kappa shape index (κ2) is 5.39. The second-order valence-electron chi connectivity index (χ2n) is 3.09. The second-order valence-corrected chi connectivity index (χ2v) is 3.09. The summed E-state index contributed by atoms with van der Waals surface area (Å²) >= 11 is 0. The largest absolute Gasteiger partial charge is 0.480 e. The van der Waals surface area contributed by atoms with Crippen molar-refractivity contribution in [3.8, 4) is 17.6 Å². The molecule has 0 aliphatic rings. The molecule has 1 aromatic rings. The molecule has 0 atom stereocenters. The number of hydrogen-bond acceptors (Lipinski definition) is 2. The number of ether oxygens (including phenoxy) is 1. The van der Waals surface area contributed by atoms with Crippen LogP contribution >= 0.6 is 0 Å². The molecule has 1 aromatic carbocycles. The van der Waals surface area contributed by atoms with Gasteiger partial charge in [-0.3, -0.25) is 4.79 Å². The lowest BCUT2D eigenvalue weighted by Crippen LogP contribution is -2.09. The molecule has 1 rings (SSSR count). The van der Waals surface area contributed by atoms with E-state index in [1.54, 1.807) is 6.92 Å². The monoisotopic (exact) mass is 242 g/mol. The lowest BCUT2D eigenvalue weighted by molar-refractivity contribution is -0.138. The van der Waals surface area contributed by atoms with Gasteiger partial charge in [0.1, 0.15) is 18.6 Å². The molecule has 0 radical (unpaired) electrons. The molecule has 0 saturated carbocycles. The minimum absolute atomic E-state index is 0.0498. The average molecular weight is 242 g/mol. The highest BCUT2D eigenvalue weighted by molar-refractivity contribution is 5.75. The van der Waals surface area contributed by atoms with Crippen LogP contribution < -0.4 is 4.74 Å². The van der Waals surface area contributed by atoms with Gasteiger partial charge in [0.15, 0.2) is 0 Å². The van der Waals surface area contributed by atoms with Gasteiger partial charge in [-0.1, -0.05) is 5.92 Å². The summed E-state index contributed by atoms with van der Waals surface area (Å²) in [5.41, 5.74) is -1.02. The number of hydrogen-bond donors (Lipinski definition) is 0. The first kappa shape index (κ1) is 13.1. The fourth-order valence-electron chi connectivity index (χ4n) is 1.15. The summed E-state index contributed by atoms with van der Waals surface area (Å²) < 4.78 is 42.8. The summed E-state index contributed by atoms with van der Waals surface area (Å²) in [6, 6.07) is 3.13. The zero-order valence-corrected chi connectivity index (χ0v) is 8.97. The zero-order chi connectivity index (χ0) is 12.9. The minimum atomic E-state index is -4.56. The Morgan fingerprint density at radius 2 is 2.12 bits per heavy atom. The van der Waals surface area contributed by atoms with Crippen molar-refractivity contribution in [3.63, 3.8) is 0 Å². The van der Waals surface area contributed by atoms with E-state index in [0.717, 1.165) is 12.1 Å². The molecule has 0 aliphatic heterocycles. The molecule has 0 aromatic heterocycles. The highest BCUT2D eigenvalue weighted by atomic mass is 19.4. The Balaban J connectivity index is 3.09. The molecule has 0 aliphatic carbocycles. The predicted molar refractivity (Wildman–Crippen MR) is 55.8 cm³/mol. The molecule has 17 heavy (non-hydrogen) atoms. The topological polar surface area (TPSA) is 26.3 Å². The van der Waals surface area contributed by atoms with Crippen LogP contribution in [0.5, 0.6) is 5.75 Å². The van der Waals surface area contributed by atoms with Gasteiger partial charge in [0.25, 0.3) is 0 Å². The number of benzene rings is 1. The summed E-state index contributed by atoms with van der Waals surface area (Å²) in [6.07, 6.45) is -4.21. The van der Waals surface area contributed by atoms with Crippen LogP contribution in [0.25, 0.3) is 0 Å². The molecule has 0 amide bonds. The smallest absolute Gasteiger partial charge is 0.419 e. The van der Waals surface area contributed by atoms with Crippen molar-refractivity contribution in [3.05, 3.63) is 29.3 Å². The number of rotatable bonds is 3. The van der Waals surface area contributed by atoms with E-state index >= 15 is 0 Å². The quantitative estimate of drug-likeness (QED) is 0.601. The molecule has 0 fully saturated rings. The molecule has 90 valence electrons. The van der Waals surface area contributed by atoms with Gasteiger partial charge in [0, 0.05) is 5.56 Å². The molecule has 0 heterocycles. The van der Waals surface area contributed by atoms with Crippen LogP contribution in [0.4, 0.5) is 13.2 Å². The van der Waals surface area contributed by atoms with Crippen LogP contribution in [-0.2, 0) is 6.18 Å². The van der Waals surface area contributed by atoms with Crippen molar-refractivity contribution in [1.82, 2.24) is 0 Å². The molecule has 0 N–H and O–H groups in total. The third-order valence-electron chi connectivity index (χ3n) is 1.92. The minimum Gasteiger partial charge on any atom is -0.480 e. The van der Waals surface area contributed by atoms with Crippen molar-refractivity contribution < 1.29 is 22.7 Å². The number of aldehydes is 1. The van der Waals surface area contributed by atoms with Crippen LogP contribution in [0.3, 0.4) is 0 Å². The third kappa shape index (κ3) is 3.52. The molecular formula is C12H9F3O2. The Kier molecular flexibility index (Phi) is 4.16. The lowest BCUT2D eigenvalue weighted by Gasteiger charge is -2.12. The highest BCUT2D eigenvalue weighted by Crippen LogP contribution is 2.36. The number of carbonyl (C=O) groups is 1. The first-order valence-electron chi connectivity index (χ1n) is 4.68. The van der Waals surface area contributed by atoms with Crippen molar-refractivity contribution in [1.29, 1.82) is 0 Å². The maximum Gasteiger partial charge on any atom is 0.419 e.